The summed E-state index contributed by atoms with van der Waals surface area (Å²) in [4.78, 5) is 30.7. The van der Waals surface area contributed by atoms with E-state index in [1.807, 2.05) is 12.1 Å². The molecule has 3 rings (SSSR count). The third kappa shape index (κ3) is 6.12. The second-order valence-corrected chi connectivity index (χ2v) is 8.31. The van der Waals surface area contributed by atoms with Gasteiger partial charge in [-0.1, -0.05) is 33.6 Å². The highest BCUT2D eigenvalue weighted by Crippen LogP contribution is 2.22. The molecule has 0 unspecified atom stereocenters. The Labute approximate surface area is 204 Å². The predicted molar refractivity (Wildman–Crippen MR) is 132 cm³/mol. The van der Waals surface area contributed by atoms with Crippen LogP contribution in [0.15, 0.2) is 71.5 Å². The van der Waals surface area contributed by atoms with Gasteiger partial charge in [-0.2, -0.15) is 0 Å². The van der Waals surface area contributed by atoms with E-state index < -0.39 is 11.9 Å². The number of amides is 1. The SMILES string of the molecule is CCOC(=O)c1ccc(N(Cc2cccnc2)C(=S)NC(=O)c2cc(Br)ccc2Cl)cc1. The zero-order valence-corrected chi connectivity index (χ0v) is 20.2. The second kappa shape index (κ2) is 11.2. The number of carbonyl (C=O) groups excluding carboxylic acids is 2. The Kier molecular flexibility index (Phi) is 8.33. The van der Waals surface area contributed by atoms with Gasteiger partial charge in [0, 0.05) is 22.6 Å². The van der Waals surface area contributed by atoms with Gasteiger partial charge in [-0.3, -0.25) is 15.1 Å². The number of benzene rings is 2. The number of nitrogens with one attached hydrogen (secondary N) is 1. The number of aromatic nitrogens is 1. The van der Waals surface area contributed by atoms with Crippen molar-refractivity contribution in [3.05, 3.63) is 93.2 Å². The summed E-state index contributed by atoms with van der Waals surface area (Å²) in [7, 11) is 0. The lowest BCUT2D eigenvalue weighted by Gasteiger charge is -2.26. The monoisotopic (exact) mass is 531 g/mol. The Morgan fingerprint density at radius 1 is 1.19 bits per heavy atom. The number of ether oxygens (including phenoxy) is 1. The number of anilines is 1. The van der Waals surface area contributed by atoms with Crippen LogP contribution in [0.4, 0.5) is 5.69 Å². The molecule has 32 heavy (non-hydrogen) atoms. The van der Waals surface area contributed by atoms with Crippen LogP contribution >= 0.6 is 39.7 Å². The Morgan fingerprint density at radius 2 is 1.94 bits per heavy atom. The number of pyridine rings is 1. The van der Waals surface area contributed by atoms with E-state index in [9.17, 15) is 9.59 Å². The molecule has 0 fully saturated rings. The number of rotatable bonds is 6. The summed E-state index contributed by atoms with van der Waals surface area (Å²) in [5, 5.41) is 3.23. The van der Waals surface area contributed by atoms with E-state index in [1.54, 1.807) is 66.7 Å². The fourth-order valence-electron chi connectivity index (χ4n) is 2.85. The maximum Gasteiger partial charge on any atom is 0.338 e. The van der Waals surface area contributed by atoms with Gasteiger partial charge in [-0.15, -0.1) is 0 Å². The number of thiocarbonyl (C=S) groups is 1. The van der Waals surface area contributed by atoms with Gasteiger partial charge in [0.25, 0.3) is 5.91 Å². The summed E-state index contributed by atoms with van der Waals surface area (Å²) < 4.78 is 5.76. The first-order chi connectivity index (χ1) is 15.4. The van der Waals surface area contributed by atoms with Gasteiger partial charge >= 0.3 is 5.97 Å². The van der Waals surface area contributed by atoms with Crippen LogP contribution in [-0.2, 0) is 11.3 Å². The third-order valence-corrected chi connectivity index (χ3v) is 5.54. The van der Waals surface area contributed by atoms with Crippen molar-refractivity contribution in [1.29, 1.82) is 0 Å². The van der Waals surface area contributed by atoms with E-state index in [0.717, 1.165) is 10.0 Å². The molecule has 1 aromatic heterocycles. The van der Waals surface area contributed by atoms with E-state index >= 15 is 0 Å². The third-order valence-electron chi connectivity index (χ3n) is 4.39. The topological polar surface area (TPSA) is 71.5 Å². The zero-order valence-electron chi connectivity index (χ0n) is 17.0. The Balaban J connectivity index is 1.87. The molecule has 2 aromatic carbocycles. The standard InChI is InChI=1S/C23H19BrClN3O3S/c1-2-31-22(30)16-5-8-18(9-6-16)28(14-15-4-3-11-26-13-15)23(32)27-21(29)19-12-17(24)7-10-20(19)25/h3-13H,2,14H2,1H3,(H,27,29,32). The number of esters is 1. The van der Waals surface area contributed by atoms with Gasteiger partial charge in [0.15, 0.2) is 5.11 Å². The Hall–Kier alpha value is -2.81. The van der Waals surface area contributed by atoms with Crippen molar-refractivity contribution in [2.75, 3.05) is 11.5 Å². The first kappa shape index (κ1) is 23.8. The lowest BCUT2D eigenvalue weighted by molar-refractivity contribution is 0.0526. The Bertz CT molecular complexity index is 1130. The van der Waals surface area contributed by atoms with Crippen molar-refractivity contribution in [2.24, 2.45) is 0 Å². The molecule has 0 saturated heterocycles. The van der Waals surface area contributed by atoms with Crippen molar-refractivity contribution in [2.45, 2.75) is 13.5 Å². The maximum atomic E-state index is 12.8. The average molecular weight is 533 g/mol. The summed E-state index contributed by atoms with van der Waals surface area (Å²) in [6.07, 6.45) is 3.40. The van der Waals surface area contributed by atoms with Crippen LogP contribution in [0.5, 0.6) is 0 Å². The summed E-state index contributed by atoms with van der Waals surface area (Å²) in [6, 6.07) is 15.5. The van der Waals surface area contributed by atoms with E-state index in [-0.39, 0.29) is 5.11 Å². The highest BCUT2D eigenvalue weighted by atomic mass is 79.9. The van der Waals surface area contributed by atoms with Gasteiger partial charge in [0.2, 0.25) is 0 Å². The van der Waals surface area contributed by atoms with E-state index in [0.29, 0.717) is 35.0 Å². The molecule has 0 aliphatic carbocycles. The molecule has 0 bridgehead atoms. The fraction of sp³-hybridized carbons (Fsp3) is 0.130. The molecule has 6 nitrogen and oxygen atoms in total. The molecule has 0 radical (unpaired) electrons. The van der Waals surface area contributed by atoms with Crippen LogP contribution in [0.25, 0.3) is 0 Å². The molecule has 0 spiro atoms. The lowest BCUT2D eigenvalue weighted by Crippen LogP contribution is -2.42. The Morgan fingerprint density at radius 3 is 2.59 bits per heavy atom. The lowest BCUT2D eigenvalue weighted by atomic mass is 10.2. The fourth-order valence-corrected chi connectivity index (χ4v) is 3.68. The van der Waals surface area contributed by atoms with E-state index in [4.69, 9.17) is 28.6 Å². The molecular weight excluding hydrogens is 514 g/mol. The van der Waals surface area contributed by atoms with Gasteiger partial charge < -0.3 is 9.64 Å². The van der Waals surface area contributed by atoms with Crippen molar-refractivity contribution in [3.63, 3.8) is 0 Å². The van der Waals surface area contributed by atoms with Crippen LogP contribution < -0.4 is 10.2 Å². The minimum atomic E-state index is -0.430. The minimum absolute atomic E-state index is 0.179. The normalized spacial score (nSPS) is 10.3. The maximum absolute atomic E-state index is 12.8. The number of carbonyl (C=O) groups is 2. The molecule has 0 aliphatic rings. The van der Waals surface area contributed by atoms with Crippen molar-refractivity contribution >= 4 is 62.4 Å². The average Bonchev–Trinajstić information content (AvgIpc) is 2.80. The van der Waals surface area contributed by atoms with Crippen molar-refractivity contribution in [1.82, 2.24) is 10.3 Å². The molecular formula is C23H19BrClN3O3S. The number of hydrogen-bond donors (Lipinski definition) is 1. The number of hydrogen-bond acceptors (Lipinski definition) is 5. The molecule has 1 N–H and O–H groups in total. The smallest absolute Gasteiger partial charge is 0.338 e. The van der Waals surface area contributed by atoms with E-state index in [1.165, 1.54) is 0 Å². The molecule has 3 aromatic rings. The highest BCUT2D eigenvalue weighted by molar-refractivity contribution is 9.10. The van der Waals surface area contributed by atoms with Crippen LogP contribution in [0.1, 0.15) is 33.2 Å². The molecule has 1 amide bonds. The summed E-state index contributed by atoms with van der Waals surface area (Å²) in [6.45, 7) is 2.40. The van der Waals surface area contributed by atoms with Crippen LogP contribution in [0.2, 0.25) is 5.02 Å². The number of nitrogens with zero attached hydrogens (tertiary/aromatic N) is 2. The predicted octanol–water partition coefficient (Wildman–Crippen LogP) is 5.40. The van der Waals surface area contributed by atoms with Gasteiger partial charge in [-0.05, 0) is 73.2 Å². The molecule has 9 heteroatoms. The highest BCUT2D eigenvalue weighted by Gasteiger charge is 2.19. The summed E-state index contributed by atoms with van der Waals surface area (Å²) >= 11 is 15.1. The van der Waals surface area contributed by atoms with Crippen LogP contribution in [0.3, 0.4) is 0 Å². The summed E-state index contributed by atoms with van der Waals surface area (Å²) in [5.74, 6) is -0.835. The largest absolute Gasteiger partial charge is 0.462 e. The molecule has 0 aliphatic heterocycles. The van der Waals surface area contributed by atoms with Crippen molar-refractivity contribution < 1.29 is 14.3 Å². The molecule has 0 saturated carbocycles. The molecule has 0 atom stereocenters. The van der Waals surface area contributed by atoms with E-state index in [2.05, 4.69) is 26.2 Å². The van der Waals surface area contributed by atoms with Crippen LogP contribution in [-0.4, -0.2) is 28.6 Å². The van der Waals surface area contributed by atoms with Gasteiger partial charge in [-0.25, -0.2) is 4.79 Å². The number of halogens is 2. The van der Waals surface area contributed by atoms with Gasteiger partial charge in [0.05, 0.1) is 29.3 Å². The van der Waals surface area contributed by atoms with Gasteiger partial charge in [0.1, 0.15) is 0 Å². The molecule has 164 valence electrons. The zero-order chi connectivity index (χ0) is 23.1. The quantitative estimate of drug-likeness (QED) is 0.339. The minimum Gasteiger partial charge on any atom is -0.462 e. The second-order valence-electron chi connectivity index (χ2n) is 6.60. The molecule has 1 heterocycles. The first-order valence-corrected chi connectivity index (χ1v) is 11.2. The van der Waals surface area contributed by atoms with Crippen LogP contribution in [0, 0.1) is 0 Å². The van der Waals surface area contributed by atoms with Crippen molar-refractivity contribution in [3.8, 4) is 0 Å². The summed E-state index contributed by atoms with van der Waals surface area (Å²) in [5.41, 5.74) is 2.29. The first-order valence-electron chi connectivity index (χ1n) is 9.63.